The fourth-order valence-electron chi connectivity index (χ4n) is 3.21. The number of carbonyl (C=O) groups is 1. The van der Waals surface area contributed by atoms with Gasteiger partial charge in [-0.2, -0.15) is 0 Å². The highest BCUT2D eigenvalue weighted by Crippen LogP contribution is 2.37. The predicted molar refractivity (Wildman–Crippen MR) is 71.1 cm³/mol. The van der Waals surface area contributed by atoms with Crippen LogP contribution in [0.5, 0.6) is 5.75 Å². The Morgan fingerprint density at radius 1 is 1.44 bits per heavy atom. The molecule has 0 aromatic carbocycles. The number of amides is 1. The molecule has 2 atom stereocenters. The van der Waals surface area contributed by atoms with Gasteiger partial charge in [0.05, 0.1) is 0 Å². The van der Waals surface area contributed by atoms with Crippen LogP contribution in [-0.2, 0) is 0 Å². The summed E-state index contributed by atoms with van der Waals surface area (Å²) in [5.74, 6) is 0.275. The Kier molecular flexibility index (Phi) is 3.03. The minimum absolute atomic E-state index is 0.228. The van der Waals surface area contributed by atoms with Crippen molar-refractivity contribution in [3.05, 3.63) is 16.3 Å². The molecule has 2 unspecified atom stereocenters. The van der Waals surface area contributed by atoms with Gasteiger partial charge in [0.25, 0.3) is 5.91 Å². The number of primary amides is 1. The molecule has 0 saturated carbocycles. The van der Waals surface area contributed by atoms with Gasteiger partial charge in [-0.1, -0.05) is 0 Å². The third-order valence-corrected chi connectivity index (χ3v) is 5.11. The summed E-state index contributed by atoms with van der Waals surface area (Å²) < 4.78 is 6.00. The molecule has 2 aliphatic rings. The number of thiophene rings is 1. The van der Waals surface area contributed by atoms with Crippen LogP contribution in [0.2, 0.25) is 0 Å². The van der Waals surface area contributed by atoms with Crippen LogP contribution in [0.15, 0.2) is 11.4 Å². The summed E-state index contributed by atoms with van der Waals surface area (Å²) in [7, 11) is 2.21. The largest absolute Gasteiger partial charge is 0.489 e. The van der Waals surface area contributed by atoms with Gasteiger partial charge >= 0.3 is 0 Å². The van der Waals surface area contributed by atoms with Crippen LogP contribution in [0.4, 0.5) is 0 Å². The van der Waals surface area contributed by atoms with Crippen molar-refractivity contribution in [2.24, 2.45) is 5.73 Å². The molecule has 2 bridgehead atoms. The van der Waals surface area contributed by atoms with E-state index < -0.39 is 5.91 Å². The van der Waals surface area contributed by atoms with Crippen LogP contribution >= 0.6 is 11.3 Å². The number of carbonyl (C=O) groups excluding carboxylic acids is 1. The highest BCUT2D eigenvalue weighted by atomic mass is 32.1. The van der Waals surface area contributed by atoms with Gasteiger partial charge in [-0.15, -0.1) is 11.3 Å². The molecule has 1 aromatic rings. The quantitative estimate of drug-likeness (QED) is 0.908. The van der Waals surface area contributed by atoms with Crippen LogP contribution < -0.4 is 10.5 Å². The summed E-state index contributed by atoms with van der Waals surface area (Å²) in [4.78, 5) is 14.3. The molecule has 98 valence electrons. The van der Waals surface area contributed by atoms with Gasteiger partial charge < -0.3 is 15.4 Å². The lowest BCUT2D eigenvalue weighted by Gasteiger charge is -2.36. The molecule has 2 aliphatic heterocycles. The third-order valence-electron chi connectivity index (χ3n) is 4.20. The third kappa shape index (κ3) is 2.01. The molecule has 3 rings (SSSR count). The van der Waals surface area contributed by atoms with E-state index in [1.807, 2.05) is 11.4 Å². The number of ether oxygens (including phenoxy) is 1. The Balaban J connectivity index is 1.71. The first-order chi connectivity index (χ1) is 8.65. The van der Waals surface area contributed by atoms with Gasteiger partial charge in [-0.3, -0.25) is 4.79 Å². The minimum Gasteiger partial charge on any atom is -0.489 e. The first-order valence-corrected chi connectivity index (χ1v) is 7.29. The molecule has 1 amide bonds. The SMILES string of the molecule is CN1C2CCC1CC(Oc1ccsc1C(N)=O)C2. The van der Waals surface area contributed by atoms with E-state index in [0.29, 0.717) is 22.7 Å². The van der Waals surface area contributed by atoms with Gasteiger partial charge in [0, 0.05) is 12.1 Å². The average molecular weight is 266 g/mol. The van der Waals surface area contributed by atoms with Crippen molar-refractivity contribution >= 4 is 17.2 Å². The molecule has 3 heterocycles. The monoisotopic (exact) mass is 266 g/mol. The highest BCUT2D eigenvalue weighted by molar-refractivity contribution is 7.12. The maximum Gasteiger partial charge on any atom is 0.262 e. The number of piperidine rings is 1. The lowest BCUT2D eigenvalue weighted by molar-refractivity contribution is 0.0655. The zero-order valence-corrected chi connectivity index (χ0v) is 11.3. The second-order valence-electron chi connectivity index (χ2n) is 5.24. The fourth-order valence-corrected chi connectivity index (χ4v) is 3.88. The summed E-state index contributed by atoms with van der Waals surface area (Å²) in [6.45, 7) is 0. The molecular weight excluding hydrogens is 248 g/mol. The number of fused-ring (bicyclic) bond motifs is 2. The zero-order valence-electron chi connectivity index (χ0n) is 10.5. The molecule has 0 aliphatic carbocycles. The Labute approximate surface area is 111 Å². The first kappa shape index (κ1) is 12.0. The number of nitrogens with zero attached hydrogens (tertiary/aromatic N) is 1. The van der Waals surface area contributed by atoms with Crippen molar-refractivity contribution in [2.45, 2.75) is 43.9 Å². The summed E-state index contributed by atoms with van der Waals surface area (Å²) in [5.41, 5.74) is 5.34. The van der Waals surface area contributed by atoms with E-state index in [4.69, 9.17) is 10.5 Å². The molecule has 0 spiro atoms. The average Bonchev–Trinajstić information content (AvgIpc) is 2.83. The van der Waals surface area contributed by atoms with E-state index in [1.165, 1.54) is 24.2 Å². The molecule has 4 nitrogen and oxygen atoms in total. The molecule has 2 saturated heterocycles. The molecule has 0 radical (unpaired) electrons. The van der Waals surface area contributed by atoms with E-state index in [2.05, 4.69) is 11.9 Å². The van der Waals surface area contributed by atoms with E-state index in [0.717, 1.165) is 12.8 Å². The fraction of sp³-hybridized carbons (Fsp3) is 0.615. The van der Waals surface area contributed by atoms with E-state index in [-0.39, 0.29) is 6.10 Å². The normalized spacial score (nSPS) is 31.5. The van der Waals surface area contributed by atoms with E-state index in [9.17, 15) is 4.79 Å². The summed E-state index contributed by atoms with van der Waals surface area (Å²) in [6.07, 6.45) is 4.88. The van der Waals surface area contributed by atoms with Crippen molar-refractivity contribution in [2.75, 3.05) is 7.05 Å². The molecule has 2 N–H and O–H groups in total. The zero-order chi connectivity index (χ0) is 12.7. The molecule has 2 fully saturated rings. The maximum absolute atomic E-state index is 11.3. The van der Waals surface area contributed by atoms with Gasteiger partial charge in [-0.05, 0) is 44.2 Å². The highest BCUT2D eigenvalue weighted by Gasteiger charge is 2.39. The Hall–Kier alpha value is -1.07. The topological polar surface area (TPSA) is 55.6 Å². The summed E-state index contributed by atoms with van der Waals surface area (Å²) >= 11 is 1.35. The second-order valence-corrected chi connectivity index (χ2v) is 6.16. The Morgan fingerprint density at radius 2 is 2.11 bits per heavy atom. The van der Waals surface area contributed by atoms with Gasteiger partial charge in [-0.25, -0.2) is 0 Å². The van der Waals surface area contributed by atoms with Crippen LogP contribution in [0.1, 0.15) is 35.4 Å². The minimum atomic E-state index is -0.393. The van der Waals surface area contributed by atoms with Crippen LogP contribution in [0, 0.1) is 0 Å². The van der Waals surface area contributed by atoms with Crippen molar-refractivity contribution in [3.8, 4) is 5.75 Å². The van der Waals surface area contributed by atoms with Crippen LogP contribution in [0.3, 0.4) is 0 Å². The Bertz CT molecular complexity index is 446. The first-order valence-electron chi connectivity index (χ1n) is 6.41. The van der Waals surface area contributed by atoms with Crippen molar-refractivity contribution in [1.29, 1.82) is 0 Å². The number of rotatable bonds is 3. The Morgan fingerprint density at radius 3 is 2.72 bits per heavy atom. The van der Waals surface area contributed by atoms with Crippen molar-refractivity contribution in [3.63, 3.8) is 0 Å². The molecule has 1 aromatic heterocycles. The lowest BCUT2D eigenvalue weighted by Crippen LogP contribution is -2.43. The predicted octanol–water partition coefficient (Wildman–Crippen LogP) is 1.85. The standard InChI is InChI=1S/C13H18N2O2S/c1-15-8-2-3-9(15)7-10(6-8)17-11-4-5-18-12(11)13(14)16/h4-5,8-10H,2-3,6-7H2,1H3,(H2,14,16). The van der Waals surface area contributed by atoms with Gasteiger partial charge in [0.1, 0.15) is 16.7 Å². The lowest BCUT2D eigenvalue weighted by atomic mass is 10.0. The number of hydrogen-bond donors (Lipinski definition) is 1. The van der Waals surface area contributed by atoms with Crippen molar-refractivity contribution < 1.29 is 9.53 Å². The van der Waals surface area contributed by atoms with Crippen LogP contribution in [0.25, 0.3) is 0 Å². The molecular formula is C13H18N2O2S. The van der Waals surface area contributed by atoms with Crippen LogP contribution in [-0.4, -0.2) is 36.0 Å². The smallest absolute Gasteiger partial charge is 0.262 e. The van der Waals surface area contributed by atoms with Crippen molar-refractivity contribution in [1.82, 2.24) is 4.90 Å². The number of nitrogens with two attached hydrogens (primary N) is 1. The summed E-state index contributed by atoms with van der Waals surface area (Å²) in [5, 5.41) is 1.86. The number of hydrogen-bond acceptors (Lipinski definition) is 4. The molecule has 5 heteroatoms. The van der Waals surface area contributed by atoms with E-state index >= 15 is 0 Å². The summed E-state index contributed by atoms with van der Waals surface area (Å²) in [6, 6.07) is 3.14. The van der Waals surface area contributed by atoms with E-state index in [1.54, 1.807) is 0 Å². The van der Waals surface area contributed by atoms with Gasteiger partial charge in [0.15, 0.2) is 0 Å². The second kappa shape index (κ2) is 4.55. The van der Waals surface area contributed by atoms with Gasteiger partial charge in [0.2, 0.25) is 0 Å². The molecule has 18 heavy (non-hydrogen) atoms. The maximum atomic E-state index is 11.3.